The average Bonchev–Trinajstić information content (AvgIpc) is 2.42. The van der Waals surface area contributed by atoms with Crippen molar-refractivity contribution in [3.8, 4) is 0 Å². The van der Waals surface area contributed by atoms with Crippen LogP contribution in [-0.2, 0) is 16.4 Å². The van der Waals surface area contributed by atoms with Crippen LogP contribution < -0.4 is 4.72 Å². The highest BCUT2D eigenvalue weighted by atomic mass is 32.2. The Labute approximate surface area is 133 Å². The summed E-state index contributed by atoms with van der Waals surface area (Å²) in [5.74, 6) is 0.530. The average molecular weight is 317 g/mol. The quantitative estimate of drug-likeness (QED) is 0.893. The second-order valence-corrected chi connectivity index (χ2v) is 7.84. The zero-order chi connectivity index (χ0) is 16.3. The van der Waals surface area contributed by atoms with Gasteiger partial charge in [0.15, 0.2) is 0 Å². The van der Waals surface area contributed by atoms with Crippen molar-refractivity contribution < 1.29 is 8.42 Å². The summed E-state index contributed by atoms with van der Waals surface area (Å²) < 4.78 is 27.6. The van der Waals surface area contributed by atoms with Crippen molar-refractivity contribution in [1.82, 2.24) is 0 Å². The Morgan fingerprint density at radius 3 is 2.41 bits per heavy atom. The van der Waals surface area contributed by atoms with E-state index in [9.17, 15) is 8.42 Å². The van der Waals surface area contributed by atoms with Gasteiger partial charge in [-0.3, -0.25) is 4.72 Å². The Bertz CT molecular complexity index is 764. The molecular formula is C18H23NO2S. The Balaban J connectivity index is 2.30. The smallest absolute Gasteiger partial charge is 0.261 e. The summed E-state index contributed by atoms with van der Waals surface area (Å²) in [7, 11) is -3.54. The Kier molecular flexibility index (Phi) is 4.91. The van der Waals surface area contributed by atoms with E-state index < -0.39 is 10.0 Å². The SMILES string of the molecule is Cc1cccc(S(=O)(=O)Nc2ccc(C)c(CC(C)C)c2)c1. The van der Waals surface area contributed by atoms with Gasteiger partial charge in [-0.1, -0.05) is 32.0 Å². The maximum Gasteiger partial charge on any atom is 0.261 e. The molecule has 2 aromatic carbocycles. The number of sulfonamides is 1. The highest BCUT2D eigenvalue weighted by Crippen LogP contribution is 2.22. The van der Waals surface area contributed by atoms with Crippen LogP contribution in [0.2, 0.25) is 0 Å². The fraction of sp³-hybridized carbons (Fsp3) is 0.333. The summed E-state index contributed by atoms with van der Waals surface area (Å²) in [6.45, 7) is 8.24. The Morgan fingerprint density at radius 2 is 1.77 bits per heavy atom. The maximum absolute atomic E-state index is 12.5. The fourth-order valence-corrected chi connectivity index (χ4v) is 3.55. The minimum Gasteiger partial charge on any atom is -0.280 e. The summed E-state index contributed by atoms with van der Waals surface area (Å²) >= 11 is 0. The molecule has 0 fully saturated rings. The maximum atomic E-state index is 12.5. The van der Waals surface area contributed by atoms with E-state index in [0.717, 1.165) is 12.0 Å². The predicted molar refractivity (Wildman–Crippen MR) is 91.7 cm³/mol. The van der Waals surface area contributed by atoms with Crippen molar-refractivity contribution in [2.24, 2.45) is 5.92 Å². The lowest BCUT2D eigenvalue weighted by Crippen LogP contribution is -2.13. The highest BCUT2D eigenvalue weighted by molar-refractivity contribution is 7.92. The highest BCUT2D eigenvalue weighted by Gasteiger charge is 2.14. The van der Waals surface area contributed by atoms with E-state index >= 15 is 0 Å². The largest absolute Gasteiger partial charge is 0.280 e. The van der Waals surface area contributed by atoms with Gasteiger partial charge in [0.05, 0.1) is 4.90 Å². The molecule has 4 heteroatoms. The third-order valence-corrected chi connectivity index (χ3v) is 4.91. The number of nitrogens with one attached hydrogen (secondary N) is 1. The van der Waals surface area contributed by atoms with Gasteiger partial charge in [-0.15, -0.1) is 0 Å². The van der Waals surface area contributed by atoms with E-state index in [2.05, 4.69) is 25.5 Å². The molecule has 0 saturated carbocycles. The number of rotatable bonds is 5. The molecule has 0 heterocycles. The number of hydrogen-bond donors (Lipinski definition) is 1. The summed E-state index contributed by atoms with van der Waals surface area (Å²) in [6, 6.07) is 12.6. The monoisotopic (exact) mass is 317 g/mol. The van der Waals surface area contributed by atoms with Gasteiger partial charge in [0, 0.05) is 5.69 Å². The first-order valence-corrected chi connectivity index (χ1v) is 8.95. The molecule has 118 valence electrons. The van der Waals surface area contributed by atoms with Gasteiger partial charge in [0.1, 0.15) is 0 Å². The molecular weight excluding hydrogens is 294 g/mol. The van der Waals surface area contributed by atoms with Gasteiger partial charge in [-0.05, 0) is 67.1 Å². The Morgan fingerprint density at radius 1 is 1.05 bits per heavy atom. The van der Waals surface area contributed by atoms with Crippen molar-refractivity contribution in [3.05, 3.63) is 59.2 Å². The van der Waals surface area contributed by atoms with Crippen LogP contribution in [-0.4, -0.2) is 8.42 Å². The van der Waals surface area contributed by atoms with Crippen LogP contribution in [0.1, 0.15) is 30.5 Å². The topological polar surface area (TPSA) is 46.2 Å². The van der Waals surface area contributed by atoms with Gasteiger partial charge in [0.25, 0.3) is 10.0 Å². The predicted octanol–water partition coefficient (Wildman–Crippen LogP) is 4.30. The number of benzene rings is 2. The molecule has 2 rings (SSSR count). The van der Waals surface area contributed by atoms with Crippen molar-refractivity contribution in [2.75, 3.05) is 4.72 Å². The van der Waals surface area contributed by atoms with Gasteiger partial charge in [0.2, 0.25) is 0 Å². The summed E-state index contributed by atoms with van der Waals surface area (Å²) in [4.78, 5) is 0.290. The molecule has 0 spiro atoms. The molecule has 2 aromatic rings. The van der Waals surface area contributed by atoms with Crippen molar-refractivity contribution in [1.29, 1.82) is 0 Å². The van der Waals surface area contributed by atoms with E-state index in [1.165, 1.54) is 11.1 Å². The molecule has 0 bridgehead atoms. The van der Waals surface area contributed by atoms with Crippen LogP contribution >= 0.6 is 0 Å². The molecule has 22 heavy (non-hydrogen) atoms. The standard InChI is InChI=1S/C18H23NO2S/c1-13(2)10-16-12-17(9-8-15(16)4)19-22(20,21)18-7-5-6-14(3)11-18/h5-9,11-13,19H,10H2,1-4H3. The lowest BCUT2D eigenvalue weighted by molar-refractivity contribution is 0.601. The minimum absolute atomic E-state index is 0.290. The lowest BCUT2D eigenvalue weighted by Gasteiger charge is -2.13. The third-order valence-electron chi connectivity index (χ3n) is 3.53. The first kappa shape index (κ1) is 16.6. The van der Waals surface area contributed by atoms with Crippen LogP contribution in [0, 0.1) is 19.8 Å². The van der Waals surface area contributed by atoms with E-state index in [1.54, 1.807) is 18.2 Å². The number of anilines is 1. The van der Waals surface area contributed by atoms with Crippen LogP contribution in [0.15, 0.2) is 47.4 Å². The summed E-state index contributed by atoms with van der Waals surface area (Å²) in [6.07, 6.45) is 0.936. The van der Waals surface area contributed by atoms with Gasteiger partial charge in [-0.25, -0.2) is 8.42 Å². The Hall–Kier alpha value is -1.81. The van der Waals surface area contributed by atoms with E-state index in [1.807, 2.05) is 31.2 Å². The van der Waals surface area contributed by atoms with Crippen molar-refractivity contribution >= 4 is 15.7 Å². The molecule has 3 nitrogen and oxygen atoms in total. The third kappa shape index (κ3) is 4.10. The first-order chi connectivity index (χ1) is 10.3. The van der Waals surface area contributed by atoms with Crippen LogP contribution in [0.25, 0.3) is 0 Å². The fourth-order valence-electron chi connectivity index (χ4n) is 2.39. The molecule has 0 aliphatic heterocycles. The first-order valence-electron chi connectivity index (χ1n) is 7.47. The van der Waals surface area contributed by atoms with Gasteiger partial charge < -0.3 is 0 Å². The zero-order valence-electron chi connectivity index (χ0n) is 13.6. The molecule has 0 aromatic heterocycles. The molecule has 0 amide bonds. The number of hydrogen-bond acceptors (Lipinski definition) is 2. The van der Waals surface area contributed by atoms with Crippen LogP contribution in [0.5, 0.6) is 0 Å². The molecule has 0 atom stereocenters. The van der Waals surface area contributed by atoms with Crippen molar-refractivity contribution in [3.63, 3.8) is 0 Å². The van der Waals surface area contributed by atoms with Crippen LogP contribution in [0.4, 0.5) is 5.69 Å². The van der Waals surface area contributed by atoms with Crippen LogP contribution in [0.3, 0.4) is 0 Å². The van der Waals surface area contributed by atoms with Gasteiger partial charge >= 0.3 is 0 Å². The summed E-state index contributed by atoms with van der Waals surface area (Å²) in [5.41, 5.74) is 3.90. The molecule has 1 N–H and O–H groups in total. The second-order valence-electron chi connectivity index (χ2n) is 6.16. The molecule has 0 aliphatic rings. The number of aryl methyl sites for hydroxylation is 2. The van der Waals surface area contributed by atoms with Crippen molar-refractivity contribution in [2.45, 2.75) is 39.0 Å². The van der Waals surface area contributed by atoms with E-state index in [-0.39, 0.29) is 0 Å². The lowest BCUT2D eigenvalue weighted by atomic mass is 9.98. The van der Waals surface area contributed by atoms with E-state index in [4.69, 9.17) is 0 Å². The molecule has 0 saturated heterocycles. The minimum atomic E-state index is -3.54. The normalized spacial score (nSPS) is 11.7. The van der Waals surface area contributed by atoms with Gasteiger partial charge in [-0.2, -0.15) is 0 Å². The second kappa shape index (κ2) is 6.53. The van der Waals surface area contributed by atoms with E-state index in [0.29, 0.717) is 16.5 Å². The molecule has 0 unspecified atom stereocenters. The molecule has 0 aliphatic carbocycles. The summed E-state index contributed by atoms with van der Waals surface area (Å²) in [5, 5.41) is 0. The molecule has 0 radical (unpaired) electrons. The zero-order valence-corrected chi connectivity index (χ0v) is 14.4.